The molecule has 2 aromatic rings. The van der Waals surface area contributed by atoms with Gasteiger partial charge in [0.15, 0.2) is 5.13 Å². The second kappa shape index (κ2) is 6.76. The van der Waals surface area contributed by atoms with Gasteiger partial charge in [-0.05, 0) is 6.07 Å². The zero-order valence-corrected chi connectivity index (χ0v) is 14.5. The first-order chi connectivity index (χ1) is 12.1. The van der Waals surface area contributed by atoms with Gasteiger partial charge in [-0.2, -0.15) is 26.3 Å². The Kier molecular flexibility index (Phi) is 4.95. The maximum Gasteiger partial charge on any atom is 0.427 e. The highest BCUT2D eigenvalue weighted by atomic mass is 35.5. The molecule has 0 unspecified atom stereocenters. The SMILES string of the molecule is FC(F)(F)c1cnc(N2CCN(c3ncc(C(F)(F)F)s3)CC2)c(Cl)c1. The summed E-state index contributed by atoms with van der Waals surface area (Å²) in [7, 11) is 0. The first-order valence-electron chi connectivity index (χ1n) is 7.31. The van der Waals surface area contributed by atoms with Crippen molar-refractivity contribution in [3.8, 4) is 0 Å². The smallest absolute Gasteiger partial charge is 0.352 e. The van der Waals surface area contributed by atoms with E-state index >= 15 is 0 Å². The Morgan fingerprint density at radius 3 is 2.00 bits per heavy atom. The molecular weight excluding hydrogens is 406 g/mol. The Labute approximate surface area is 153 Å². The minimum absolute atomic E-state index is 0.123. The van der Waals surface area contributed by atoms with Gasteiger partial charge in [-0.1, -0.05) is 22.9 Å². The van der Waals surface area contributed by atoms with Gasteiger partial charge in [0.1, 0.15) is 10.7 Å². The average Bonchev–Trinajstić information content (AvgIpc) is 3.04. The van der Waals surface area contributed by atoms with E-state index in [0.29, 0.717) is 43.7 Å². The Morgan fingerprint density at radius 2 is 1.50 bits per heavy atom. The van der Waals surface area contributed by atoms with Crippen molar-refractivity contribution in [1.29, 1.82) is 0 Å². The molecule has 1 fully saturated rings. The van der Waals surface area contributed by atoms with Crippen molar-refractivity contribution in [3.05, 3.63) is 33.9 Å². The van der Waals surface area contributed by atoms with Crippen molar-refractivity contribution in [2.24, 2.45) is 0 Å². The number of halogens is 7. The zero-order chi connectivity index (χ0) is 19.1. The summed E-state index contributed by atoms with van der Waals surface area (Å²) in [4.78, 5) is 10.2. The number of hydrogen-bond acceptors (Lipinski definition) is 5. The van der Waals surface area contributed by atoms with Gasteiger partial charge in [-0.15, -0.1) is 0 Å². The molecule has 0 aromatic carbocycles. The van der Waals surface area contributed by atoms with Crippen molar-refractivity contribution in [1.82, 2.24) is 9.97 Å². The van der Waals surface area contributed by atoms with E-state index in [1.54, 1.807) is 9.80 Å². The van der Waals surface area contributed by atoms with Gasteiger partial charge in [0, 0.05) is 32.4 Å². The number of nitrogens with zero attached hydrogens (tertiary/aromatic N) is 4. The third-order valence-electron chi connectivity index (χ3n) is 3.77. The number of thiazole rings is 1. The van der Waals surface area contributed by atoms with Crippen LogP contribution >= 0.6 is 22.9 Å². The summed E-state index contributed by atoms with van der Waals surface area (Å²) in [5, 5.41) is 0.130. The molecule has 142 valence electrons. The van der Waals surface area contributed by atoms with Gasteiger partial charge in [0.05, 0.1) is 16.8 Å². The van der Waals surface area contributed by atoms with E-state index in [0.717, 1.165) is 12.3 Å². The van der Waals surface area contributed by atoms with Crippen LogP contribution in [0, 0.1) is 0 Å². The molecule has 1 aliphatic rings. The molecule has 0 atom stereocenters. The fourth-order valence-corrected chi connectivity index (χ4v) is 3.59. The molecule has 4 nitrogen and oxygen atoms in total. The average molecular weight is 417 g/mol. The topological polar surface area (TPSA) is 32.3 Å². The first kappa shape index (κ1) is 19.0. The van der Waals surface area contributed by atoms with Crippen LogP contribution in [0.1, 0.15) is 10.4 Å². The molecule has 0 amide bonds. The highest BCUT2D eigenvalue weighted by Crippen LogP contribution is 2.37. The summed E-state index contributed by atoms with van der Waals surface area (Å²) < 4.78 is 75.9. The molecule has 3 heterocycles. The minimum Gasteiger partial charge on any atom is -0.352 e. The van der Waals surface area contributed by atoms with E-state index in [-0.39, 0.29) is 16.0 Å². The largest absolute Gasteiger partial charge is 0.427 e. The quantitative estimate of drug-likeness (QED) is 0.672. The van der Waals surface area contributed by atoms with Gasteiger partial charge in [0.25, 0.3) is 0 Å². The summed E-state index contributed by atoms with van der Waals surface area (Å²) >= 11 is 6.48. The number of hydrogen-bond donors (Lipinski definition) is 0. The zero-order valence-electron chi connectivity index (χ0n) is 12.9. The van der Waals surface area contributed by atoms with Crippen molar-refractivity contribution < 1.29 is 26.3 Å². The summed E-state index contributed by atoms with van der Waals surface area (Å²) in [5.74, 6) is 0.217. The van der Waals surface area contributed by atoms with Crippen LogP contribution in [0.25, 0.3) is 0 Å². The van der Waals surface area contributed by atoms with Crippen LogP contribution in [-0.4, -0.2) is 36.1 Å². The highest BCUT2D eigenvalue weighted by Gasteiger charge is 2.35. The molecule has 3 rings (SSSR count). The molecule has 26 heavy (non-hydrogen) atoms. The number of pyridine rings is 1. The van der Waals surface area contributed by atoms with Crippen LogP contribution in [0.3, 0.4) is 0 Å². The molecule has 0 radical (unpaired) electrons. The predicted molar refractivity (Wildman–Crippen MR) is 85.8 cm³/mol. The van der Waals surface area contributed by atoms with Gasteiger partial charge < -0.3 is 9.80 Å². The maximum absolute atomic E-state index is 12.7. The van der Waals surface area contributed by atoms with Gasteiger partial charge in [-0.3, -0.25) is 0 Å². The lowest BCUT2D eigenvalue weighted by Crippen LogP contribution is -2.47. The van der Waals surface area contributed by atoms with Gasteiger partial charge in [0.2, 0.25) is 0 Å². The predicted octanol–water partition coefficient (Wildman–Crippen LogP) is 4.56. The second-order valence-electron chi connectivity index (χ2n) is 5.51. The number of rotatable bonds is 2. The number of aromatic nitrogens is 2. The minimum atomic E-state index is -4.53. The van der Waals surface area contributed by atoms with E-state index in [4.69, 9.17) is 11.6 Å². The van der Waals surface area contributed by atoms with Gasteiger partial charge in [-0.25, -0.2) is 9.97 Å². The molecule has 0 aliphatic carbocycles. The van der Waals surface area contributed by atoms with Crippen LogP contribution in [0.4, 0.5) is 37.3 Å². The molecule has 0 saturated carbocycles. The third-order valence-corrected chi connectivity index (χ3v) is 5.15. The van der Waals surface area contributed by atoms with E-state index in [1.807, 2.05) is 0 Å². The Hall–Kier alpha value is -1.75. The van der Waals surface area contributed by atoms with Crippen molar-refractivity contribution in [2.45, 2.75) is 12.4 Å². The fourth-order valence-electron chi connectivity index (χ4n) is 2.47. The molecule has 0 spiro atoms. The maximum atomic E-state index is 12.7. The second-order valence-corrected chi connectivity index (χ2v) is 6.92. The monoisotopic (exact) mass is 416 g/mol. The standard InChI is InChI=1S/C14H11ClF6N4S/c15-9-5-8(13(16,17)18)6-22-11(9)24-1-3-25(4-2-24)12-23-7-10(26-12)14(19,20)21/h5-7H,1-4H2. The number of piperazine rings is 1. The van der Waals surface area contributed by atoms with Crippen LogP contribution < -0.4 is 9.80 Å². The number of anilines is 2. The van der Waals surface area contributed by atoms with E-state index in [9.17, 15) is 26.3 Å². The molecule has 0 bridgehead atoms. The summed E-state index contributed by atoms with van der Waals surface area (Å²) in [6, 6.07) is 0.812. The van der Waals surface area contributed by atoms with Crippen LogP contribution in [0.5, 0.6) is 0 Å². The molecule has 1 saturated heterocycles. The number of alkyl halides is 6. The fraction of sp³-hybridized carbons (Fsp3) is 0.429. The van der Waals surface area contributed by atoms with Crippen molar-refractivity contribution >= 4 is 33.9 Å². The summed E-state index contributed by atoms with van der Waals surface area (Å²) in [5.41, 5.74) is -0.938. The lowest BCUT2D eigenvalue weighted by atomic mass is 10.2. The van der Waals surface area contributed by atoms with Crippen LogP contribution in [0.2, 0.25) is 5.02 Å². The van der Waals surface area contributed by atoms with Gasteiger partial charge >= 0.3 is 12.4 Å². The molecular formula is C14H11ClF6N4S. The molecule has 0 N–H and O–H groups in total. The Morgan fingerprint density at radius 1 is 0.885 bits per heavy atom. The van der Waals surface area contributed by atoms with Crippen molar-refractivity contribution in [2.75, 3.05) is 36.0 Å². The lowest BCUT2D eigenvalue weighted by molar-refractivity contribution is -0.138. The Balaban J connectivity index is 1.68. The van der Waals surface area contributed by atoms with Crippen LogP contribution in [-0.2, 0) is 12.4 Å². The van der Waals surface area contributed by atoms with E-state index in [2.05, 4.69) is 9.97 Å². The third kappa shape index (κ3) is 3.98. The molecule has 2 aromatic heterocycles. The molecule has 12 heteroatoms. The normalized spacial score (nSPS) is 16.3. The van der Waals surface area contributed by atoms with E-state index in [1.165, 1.54) is 0 Å². The highest BCUT2D eigenvalue weighted by molar-refractivity contribution is 7.15. The van der Waals surface area contributed by atoms with Crippen molar-refractivity contribution in [3.63, 3.8) is 0 Å². The van der Waals surface area contributed by atoms with E-state index < -0.39 is 22.8 Å². The summed E-state index contributed by atoms with van der Waals surface area (Å²) in [6.07, 6.45) is -7.46. The van der Waals surface area contributed by atoms with Crippen LogP contribution in [0.15, 0.2) is 18.5 Å². The molecule has 1 aliphatic heterocycles. The Bertz CT molecular complexity index is 782. The lowest BCUT2D eigenvalue weighted by Gasteiger charge is -2.35. The summed E-state index contributed by atoms with van der Waals surface area (Å²) in [6.45, 7) is 1.39. The first-order valence-corrected chi connectivity index (χ1v) is 8.51.